The summed E-state index contributed by atoms with van der Waals surface area (Å²) >= 11 is 0. The average Bonchev–Trinajstić information content (AvgIpc) is 2.82. The number of rotatable bonds is 2. The first-order chi connectivity index (χ1) is 7.00. The number of halogens is 1. The van der Waals surface area contributed by atoms with Gasteiger partial charge in [0.1, 0.15) is 11.6 Å². The van der Waals surface area contributed by atoms with Gasteiger partial charge in [0.15, 0.2) is 0 Å². The van der Waals surface area contributed by atoms with Gasteiger partial charge in [0.2, 0.25) is 0 Å². The predicted octanol–water partition coefficient (Wildman–Crippen LogP) is 1.81. The van der Waals surface area contributed by atoms with E-state index in [0.717, 1.165) is 18.9 Å². The van der Waals surface area contributed by atoms with Gasteiger partial charge in [0.05, 0.1) is 5.56 Å². The summed E-state index contributed by atoms with van der Waals surface area (Å²) in [7, 11) is 0. The van der Waals surface area contributed by atoms with E-state index in [9.17, 15) is 9.18 Å². The van der Waals surface area contributed by atoms with Gasteiger partial charge in [-0.1, -0.05) is 0 Å². The third-order valence-corrected chi connectivity index (χ3v) is 2.61. The van der Waals surface area contributed by atoms with E-state index in [0.29, 0.717) is 0 Å². The standard InChI is InChI=1S/C11H12FNO2/c1-11(4-5-11)13-10(15)8-3-2-7(14)6-9(8)12/h2-3,6,14H,4-5H2,1H3,(H,13,15). The normalized spacial score (nSPS) is 17.2. The molecule has 0 aromatic heterocycles. The van der Waals surface area contributed by atoms with Crippen LogP contribution in [-0.4, -0.2) is 16.6 Å². The Hall–Kier alpha value is -1.58. The summed E-state index contributed by atoms with van der Waals surface area (Å²) in [5.74, 6) is -1.30. The van der Waals surface area contributed by atoms with E-state index in [2.05, 4.69) is 5.32 Å². The fourth-order valence-corrected chi connectivity index (χ4v) is 1.34. The Morgan fingerprint density at radius 2 is 2.20 bits per heavy atom. The zero-order valence-electron chi connectivity index (χ0n) is 8.38. The first-order valence-electron chi connectivity index (χ1n) is 4.81. The Labute approximate surface area is 86.9 Å². The van der Waals surface area contributed by atoms with Crippen molar-refractivity contribution in [3.63, 3.8) is 0 Å². The Bertz CT molecular complexity index is 413. The molecule has 2 N–H and O–H groups in total. The van der Waals surface area contributed by atoms with Crippen molar-refractivity contribution in [2.75, 3.05) is 0 Å². The van der Waals surface area contributed by atoms with Crippen molar-refractivity contribution in [2.45, 2.75) is 25.3 Å². The van der Waals surface area contributed by atoms with Crippen LogP contribution in [0.25, 0.3) is 0 Å². The Balaban J connectivity index is 2.18. The minimum Gasteiger partial charge on any atom is -0.508 e. The number of phenols is 1. The molecule has 1 aliphatic carbocycles. The monoisotopic (exact) mass is 209 g/mol. The second-order valence-electron chi connectivity index (χ2n) is 4.18. The lowest BCUT2D eigenvalue weighted by Gasteiger charge is -2.11. The zero-order chi connectivity index (χ0) is 11.1. The molecule has 0 spiro atoms. The lowest BCUT2D eigenvalue weighted by Crippen LogP contribution is -2.34. The topological polar surface area (TPSA) is 49.3 Å². The summed E-state index contributed by atoms with van der Waals surface area (Å²) in [6, 6.07) is 3.52. The zero-order valence-corrected chi connectivity index (χ0v) is 8.38. The lowest BCUT2D eigenvalue weighted by atomic mass is 10.1. The fraction of sp³-hybridized carbons (Fsp3) is 0.364. The van der Waals surface area contributed by atoms with Crippen LogP contribution < -0.4 is 5.32 Å². The molecule has 2 rings (SSSR count). The number of phenolic OH excluding ortho intramolecular Hbond substituents is 1. The van der Waals surface area contributed by atoms with E-state index in [1.807, 2.05) is 6.92 Å². The molecule has 0 radical (unpaired) electrons. The highest BCUT2D eigenvalue weighted by Crippen LogP contribution is 2.34. The number of benzene rings is 1. The van der Waals surface area contributed by atoms with Crippen molar-refractivity contribution in [1.29, 1.82) is 0 Å². The van der Waals surface area contributed by atoms with Crippen LogP contribution in [0.4, 0.5) is 4.39 Å². The fourth-order valence-electron chi connectivity index (χ4n) is 1.34. The summed E-state index contributed by atoms with van der Waals surface area (Å²) in [6.07, 6.45) is 1.86. The van der Waals surface area contributed by atoms with E-state index in [4.69, 9.17) is 5.11 Å². The molecule has 0 heterocycles. The van der Waals surface area contributed by atoms with Gasteiger partial charge in [-0.25, -0.2) is 4.39 Å². The first kappa shape index (κ1) is 9.96. The van der Waals surface area contributed by atoms with Crippen LogP contribution in [0.5, 0.6) is 5.75 Å². The molecule has 0 unspecified atom stereocenters. The number of carbonyl (C=O) groups excluding carboxylic acids is 1. The first-order valence-corrected chi connectivity index (χ1v) is 4.81. The molecule has 3 nitrogen and oxygen atoms in total. The number of carbonyl (C=O) groups is 1. The lowest BCUT2D eigenvalue weighted by molar-refractivity contribution is 0.0931. The van der Waals surface area contributed by atoms with E-state index < -0.39 is 11.7 Å². The summed E-state index contributed by atoms with van der Waals surface area (Å²) in [5.41, 5.74) is -0.192. The largest absolute Gasteiger partial charge is 0.508 e. The molecular formula is C11H12FNO2. The number of aromatic hydroxyl groups is 1. The number of hydrogen-bond acceptors (Lipinski definition) is 2. The van der Waals surface area contributed by atoms with Gasteiger partial charge in [0.25, 0.3) is 5.91 Å². The summed E-state index contributed by atoms with van der Waals surface area (Å²) < 4.78 is 13.3. The SMILES string of the molecule is CC1(NC(=O)c2ccc(O)cc2F)CC1. The summed E-state index contributed by atoms with van der Waals surface area (Å²) in [6.45, 7) is 1.92. The molecule has 1 aromatic carbocycles. The number of amides is 1. The Kier molecular flexibility index (Phi) is 2.14. The van der Waals surface area contributed by atoms with Crippen molar-refractivity contribution >= 4 is 5.91 Å². The second kappa shape index (κ2) is 3.22. The molecular weight excluding hydrogens is 197 g/mol. The van der Waals surface area contributed by atoms with Crippen LogP contribution in [0, 0.1) is 5.82 Å². The molecule has 1 saturated carbocycles. The van der Waals surface area contributed by atoms with Crippen LogP contribution in [0.1, 0.15) is 30.1 Å². The molecule has 1 fully saturated rings. The van der Waals surface area contributed by atoms with Crippen LogP contribution in [0.15, 0.2) is 18.2 Å². The van der Waals surface area contributed by atoms with Crippen LogP contribution in [-0.2, 0) is 0 Å². The van der Waals surface area contributed by atoms with Gasteiger partial charge in [0, 0.05) is 11.6 Å². The van der Waals surface area contributed by atoms with Crippen LogP contribution in [0.3, 0.4) is 0 Å². The Morgan fingerprint density at radius 3 is 2.73 bits per heavy atom. The maximum absolute atomic E-state index is 13.3. The van der Waals surface area contributed by atoms with Gasteiger partial charge >= 0.3 is 0 Å². The Morgan fingerprint density at radius 1 is 1.53 bits per heavy atom. The number of nitrogens with one attached hydrogen (secondary N) is 1. The molecule has 0 saturated heterocycles. The molecule has 1 aliphatic rings. The van der Waals surface area contributed by atoms with Crippen LogP contribution >= 0.6 is 0 Å². The molecule has 80 valence electrons. The molecule has 4 heteroatoms. The molecule has 1 amide bonds. The molecule has 0 atom stereocenters. The average molecular weight is 209 g/mol. The minimum atomic E-state index is -0.697. The quantitative estimate of drug-likeness (QED) is 0.780. The third kappa shape index (κ3) is 2.09. The molecule has 15 heavy (non-hydrogen) atoms. The molecule has 1 aromatic rings. The molecule has 0 aliphatic heterocycles. The number of hydrogen-bond donors (Lipinski definition) is 2. The van der Waals surface area contributed by atoms with Crippen LogP contribution in [0.2, 0.25) is 0 Å². The maximum atomic E-state index is 13.3. The maximum Gasteiger partial charge on any atom is 0.254 e. The van der Waals surface area contributed by atoms with E-state index >= 15 is 0 Å². The third-order valence-electron chi connectivity index (χ3n) is 2.61. The van der Waals surface area contributed by atoms with Gasteiger partial charge in [-0.2, -0.15) is 0 Å². The van der Waals surface area contributed by atoms with E-state index in [1.54, 1.807) is 0 Å². The minimum absolute atomic E-state index is 0.0269. The summed E-state index contributed by atoms with van der Waals surface area (Å²) in [4.78, 5) is 11.6. The van der Waals surface area contributed by atoms with Gasteiger partial charge in [-0.15, -0.1) is 0 Å². The van der Waals surface area contributed by atoms with E-state index in [1.165, 1.54) is 12.1 Å². The van der Waals surface area contributed by atoms with Crippen molar-refractivity contribution in [3.8, 4) is 5.75 Å². The second-order valence-corrected chi connectivity index (χ2v) is 4.18. The van der Waals surface area contributed by atoms with Gasteiger partial charge in [-0.3, -0.25) is 4.79 Å². The highest BCUT2D eigenvalue weighted by Gasteiger charge is 2.39. The smallest absolute Gasteiger partial charge is 0.254 e. The van der Waals surface area contributed by atoms with Gasteiger partial charge in [-0.05, 0) is 31.9 Å². The summed E-state index contributed by atoms with van der Waals surface area (Å²) in [5, 5.41) is 11.7. The highest BCUT2D eigenvalue weighted by atomic mass is 19.1. The van der Waals surface area contributed by atoms with Crippen molar-refractivity contribution < 1.29 is 14.3 Å². The predicted molar refractivity (Wildman–Crippen MR) is 53.2 cm³/mol. The molecule has 0 bridgehead atoms. The van der Waals surface area contributed by atoms with Crippen molar-refractivity contribution in [2.24, 2.45) is 0 Å². The highest BCUT2D eigenvalue weighted by molar-refractivity contribution is 5.95. The van der Waals surface area contributed by atoms with Crippen molar-refractivity contribution in [3.05, 3.63) is 29.6 Å². The van der Waals surface area contributed by atoms with E-state index in [-0.39, 0.29) is 16.9 Å². The van der Waals surface area contributed by atoms with Gasteiger partial charge < -0.3 is 10.4 Å². The van der Waals surface area contributed by atoms with Crippen molar-refractivity contribution in [1.82, 2.24) is 5.32 Å².